The first-order chi connectivity index (χ1) is 8.06. The Kier molecular flexibility index (Phi) is 5.09. The normalized spacial score (nSPS) is 10.0. The van der Waals surface area contributed by atoms with Crippen molar-refractivity contribution in [1.29, 1.82) is 0 Å². The number of halogens is 2. The number of rotatable bonds is 5. The van der Waals surface area contributed by atoms with Crippen LogP contribution in [0.15, 0.2) is 18.2 Å². The molecule has 0 saturated carbocycles. The number of alkyl halides is 1. The van der Waals surface area contributed by atoms with E-state index in [-0.39, 0.29) is 17.2 Å². The smallest absolute Gasteiger partial charge is 0.253 e. The van der Waals surface area contributed by atoms with E-state index >= 15 is 0 Å². The Morgan fingerprint density at radius 3 is 2.71 bits per heavy atom. The van der Waals surface area contributed by atoms with Crippen molar-refractivity contribution in [3.05, 3.63) is 29.6 Å². The number of anilines is 1. The fraction of sp³-hybridized carbons (Fsp3) is 0.273. The van der Waals surface area contributed by atoms with Gasteiger partial charge in [-0.2, -0.15) is 0 Å². The molecular weight excluding hydrogens is 291 g/mol. The van der Waals surface area contributed by atoms with Crippen LogP contribution in [0, 0.1) is 5.82 Å². The molecule has 0 fully saturated rings. The summed E-state index contributed by atoms with van der Waals surface area (Å²) < 4.78 is 13.3. The Morgan fingerprint density at radius 1 is 1.41 bits per heavy atom. The number of carbonyl (C=O) groups excluding carboxylic acids is 2. The van der Waals surface area contributed by atoms with Crippen LogP contribution in [-0.2, 0) is 4.79 Å². The highest BCUT2D eigenvalue weighted by Gasteiger charge is 2.15. The lowest BCUT2D eigenvalue weighted by Gasteiger charge is -2.09. The molecule has 17 heavy (non-hydrogen) atoms. The summed E-state index contributed by atoms with van der Waals surface area (Å²) in [4.78, 5) is 22.5. The molecule has 0 unspecified atom stereocenters. The topological polar surface area (TPSA) is 72.2 Å². The Balaban J connectivity index is 2.87. The highest BCUT2D eigenvalue weighted by Crippen LogP contribution is 2.18. The number of nitrogens with two attached hydrogens (primary N) is 1. The molecule has 6 heteroatoms. The van der Waals surface area contributed by atoms with Crippen LogP contribution in [0.4, 0.5) is 10.1 Å². The summed E-state index contributed by atoms with van der Waals surface area (Å²) in [7, 11) is 0. The summed E-state index contributed by atoms with van der Waals surface area (Å²) in [5.74, 6) is -1.92. The van der Waals surface area contributed by atoms with Crippen molar-refractivity contribution < 1.29 is 14.0 Å². The lowest BCUT2D eigenvalue weighted by molar-refractivity contribution is -0.116. The molecule has 0 heterocycles. The second-order valence-corrected chi connectivity index (χ2v) is 4.16. The second-order valence-electron chi connectivity index (χ2n) is 3.37. The van der Waals surface area contributed by atoms with E-state index < -0.39 is 11.7 Å². The van der Waals surface area contributed by atoms with E-state index in [4.69, 9.17) is 5.73 Å². The SMILES string of the molecule is NC(=O)c1c(F)cccc1NC(=O)CCCBr. The van der Waals surface area contributed by atoms with Crippen LogP contribution in [-0.4, -0.2) is 17.1 Å². The summed E-state index contributed by atoms with van der Waals surface area (Å²) >= 11 is 3.20. The van der Waals surface area contributed by atoms with E-state index in [0.29, 0.717) is 18.2 Å². The zero-order valence-corrected chi connectivity index (χ0v) is 10.6. The standard InChI is InChI=1S/C11H12BrFN2O2/c12-6-2-5-9(16)15-8-4-1-3-7(13)10(8)11(14)17/h1,3-4H,2,5-6H2,(H2,14,17)(H,15,16). The first-order valence-electron chi connectivity index (χ1n) is 5.00. The van der Waals surface area contributed by atoms with Gasteiger partial charge in [0, 0.05) is 11.8 Å². The lowest BCUT2D eigenvalue weighted by Crippen LogP contribution is -2.19. The van der Waals surface area contributed by atoms with E-state index in [2.05, 4.69) is 21.2 Å². The van der Waals surface area contributed by atoms with Crippen LogP contribution in [0.2, 0.25) is 0 Å². The molecule has 92 valence electrons. The first kappa shape index (κ1) is 13.6. The quantitative estimate of drug-likeness (QED) is 0.817. The third-order valence-electron chi connectivity index (χ3n) is 2.07. The molecular formula is C11H12BrFN2O2. The van der Waals surface area contributed by atoms with E-state index in [1.54, 1.807) is 0 Å². The Morgan fingerprint density at radius 2 is 2.12 bits per heavy atom. The minimum atomic E-state index is -0.904. The summed E-state index contributed by atoms with van der Waals surface area (Å²) in [5.41, 5.74) is 4.87. The van der Waals surface area contributed by atoms with Crippen molar-refractivity contribution >= 4 is 33.4 Å². The number of carbonyl (C=O) groups is 2. The maximum absolute atomic E-state index is 13.3. The minimum absolute atomic E-state index is 0.108. The van der Waals surface area contributed by atoms with Gasteiger partial charge < -0.3 is 11.1 Å². The number of hydrogen-bond donors (Lipinski definition) is 2. The van der Waals surface area contributed by atoms with E-state index in [0.717, 1.165) is 6.07 Å². The molecule has 0 spiro atoms. The van der Waals surface area contributed by atoms with Gasteiger partial charge in [0.05, 0.1) is 11.3 Å². The molecule has 0 radical (unpaired) electrons. The van der Waals surface area contributed by atoms with Crippen LogP contribution in [0.25, 0.3) is 0 Å². The number of primary amides is 1. The number of amides is 2. The van der Waals surface area contributed by atoms with Crippen LogP contribution in [0.3, 0.4) is 0 Å². The maximum atomic E-state index is 13.3. The third-order valence-corrected chi connectivity index (χ3v) is 2.63. The predicted octanol–water partition coefficient (Wildman–Crippen LogP) is 2.04. The molecule has 1 aromatic rings. The minimum Gasteiger partial charge on any atom is -0.365 e. The van der Waals surface area contributed by atoms with Crippen molar-refractivity contribution in [2.24, 2.45) is 5.73 Å². The molecule has 0 aliphatic rings. The Labute approximate surface area is 107 Å². The molecule has 0 bridgehead atoms. The fourth-order valence-electron chi connectivity index (χ4n) is 1.32. The summed E-state index contributed by atoms with van der Waals surface area (Å²) in [6, 6.07) is 3.96. The molecule has 0 aliphatic carbocycles. The third kappa shape index (κ3) is 3.81. The molecule has 3 N–H and O–H groups in total. The average Bonchev–Trinajstić information content (AvgIpc) is 2.25. The van der Waals surface area contributed by atoms with Gasteiger partial charge in [-0.25, -0.2) is 4.39 Å². The van der Waals surface area contributed by atoms with Gasteiger partial charge >= 0.3 is 0 Å². The van der Waals surface area contributed by atoms with Crippen LogP contribution < -0.4 is 11.1 Å². The van der Waals surface area contributed by atoms with Gasteiger partial charge in [-0.05, 0) is 18.6 Å². The van der Waals surface area contributed by atoms with Gasteiger partial charge in [0.1, 0.15) is 5.82 Å². The van der Waals surface area contributed by atoms with Crippen molar-refractivity contribution in [3.8, 4) is 0 Å². The van der Waals surface area contributed by atoms with E-state index in [9.17, 15) is 14.0 Å². The summed E-state index contributed by atoms with van der Waals surface area (Å²) in [6.45, 7) is 0. The zero-order valence-electron chi connectivity index (χ0n) is 9.00. The van der Waals surface area contributed by atoms with Crippen molar-refractivity contribution in [1.82, 2.24) is 0 Å². The summed E-state index contributed by atoms with van der Waals surface area (Å²) in [6.07, 6.45) is 0.951. The monoisotopic (exact) mass is 302 g/mol. The second kappa shape index (κ2) is 6.34. The largest absolute Gasteiger partial charge is 0.365 e. The van der Waals surface area contributed by atoms with Gasteiger partial charge in [-0.3, -0.25) is 9.59 Å². The molecule has 1 aromatic carbocycles. The highest BCUT2D eigenvalue weighted by molar-refractivity contribution is 9.09. The molecule has 4 nitrogen and oxygen atoms in total. The van der Waals surface area contributed by atoms with E-state index in [1.807, 2.05) is 0 Å². The van der Waals surface area contributed by atoms with Crippen LogP contribution in [0.5, 0.6) is 0 Å². The van der Waals surface area contributed by atoms with Gasteiger partial charge in [0.15, 0.2) is 0 Å². The lowest BCUT2D eigenvalue weighted by atomic mass is 10.1. The molecule has 0 atom stereocenters. The molecule has 0 aliphatic heterocycles. The average molecular weight is 303 g/mol. The van der Waals surface area contributed by atoms with Crippen molar-refractivity contribution in [2.75, 3.05) is 10.6 Å². The number of benzene rings is 1. The van der Waals surface area contributed by atoms with Gasteiger partial charge in [-0.15, -0.1) is 0 Å². The first-order valence-corrected chi connectivity index (χ1v) is 6.12. The van der Waals surface area contributed by atoms with Crippen molar-refractivity contribution in [2.45, 2.75) is 12.8 Å². The number of hydrogen-bond acceptors (Lipinski definition) is 2. The van der Waals surface area contributed by atoms with Crippen LogP contribution in [0.1, 0.15) is 23.2 Å². The fourth-order valence-corrected chi connectivity index (χ4v) is 1.60. The Bertz CT molecular complexity index is 437. The maximum Gasteiger partial charge on any atom is 0.253 e. The molecule has 0 saturated heterocycles. The predicted molar refractivity (Wildman–Crippen MR) is 66.6 cm³/mol. The zero-order chi connectivity index (χ0) is 12.8. The van der Waals surface area contributed by atoms with Gasteiger partial charge in [0.25, 0.3) is 5.91 Å². The molecule has 2 amide bonds. The highest BCUT2D eigenvalue weighted by atomic mass is 79.9. The molecule has 1 rings (SSSR count). The van der Waals surface area contributed by atoms with Gasteiger partial charge in [-0.1, -0.05) is 22.0 Å². The number of nitrogens with one attached hydrogen (secondary N) is 1. The molecule has 0 aromatic heterocycles. The Hall–Kier alpha value is -1.43. The van der Waals surface area contributed by atoms with E-state index in [1.165, 1.54) is 12.1 Å². The summed E-state index contributed by atoms with van der Waals surface area (Å²) in [5, 5.41) is 3.17. The van der Waals surface area contributed by atoms with Gasteiger partial charge in [0.2, 0.25) is 5.91 Å². The van der Waals surface area contributed by atoms with Crippen LogP contribution >= 0.6 is 15.9 Å². The van der Waals surface area contributed by atoms with Crippen molar-refractivity contribution in [3.63, 3.8) is 0 Å².